The molecule has 0 bridgehead atoms. The zero-order valence-electron chi connectivity index (χ0n) is 13.2. The summed E-state index contributed by atoms with van der Waals surface area (Å²) in [5, 5.41) is 4.19. The van der Waals surface area contributed by atoms with Crippen LogP contribution in [-0.2, 0) is 6.54 Å². The standard InChI is InChI=1S/C19H20N2O2/c1-23-18-10-5-3-8-16(18)19(22)20-12-6-13-21-14-11-15-7-2-4-9-17(15)21/h2-5,7-11,14H,6,12-13H2,1H3,(H,20,22). The Morgan fingerprint density at radius 2 is 1.87 bits per heavy atom. The van der Waals surface area contributed by atoms with Crippen LogP contribution in [0.4, 0.5) is 0 Å². The van der Waals surface area contributed by atoms with Crippen molar-refractivity contribution < 1.29 is 9.53 Å². The first kappa shape index (κ1) is 15.2. The second kappa shape index (κ2) is 7.01. The van der Waals surface area contributed by atoms with Crippen molar-refractivity contribution in [3.63, 3.8) is 0 Å². The molecule has 1 heterocycles. The fourth-order valence-corrected chi connectivity index (χ4v) is 2.71. The van der Waals surface area contributed by atoms with E-state index in [9.17, 15) is 4.79 Å². The fraction of sp³-hybridized carbons (Fsp3) is 0.211. The molecule has 23 heavy (non-hydrogen) atoms. The molecule has 0 saturated heterocycles. The van der Waals surface area contributed by atoms with Crippen LogP contribution < -0.4 is 10.1 Å². The maximum absolute atomic E-state index is 12.2. The van der Waals surface area contributed by atoms with E-state index in [1.807, 2.05) is 24.3 Å². The minimum Gasteiger partial charge on any atom is -0.496 e. The van der Waals surface area contributed by atoms with Crippen LogP contribution in [0.25, 0.3) is 10.9 Å². The van der Waals surface area contributed by atoms with E-state index in [4.69, 9.17) is 4.74 Å². The van der Waals surface area contributed by atoms with Gasteiger partial charge in [0.05, 0.1) is 12.7 Å². The molecule has 1 aromatic heterocycles. The quantitative estimate of drug-likeness (QED) is 0.709. The monoisotopic (exact) mass is 308 g/mol. The van der Waals surface area contributed by atoms with Crippen LogP contribution >= 0.6 is 0 Å². The number of methoxy groups -OCH3 is 1. The van der Waals surface area contributed by atoms with Crippen molar-refractivity contribution in [3.05, 3.63) is 66.4 Å². The second-order valence-electron chi connectivity index (χ2n) is 5.38. The number of hydrogen-bond donors (Lipinski definition) is 1. The maximum atomic E-state index is 12.2. The van der Waals surface area contributed by atoms with Gasteiger partial charge in [-0.1, -0.05) is 30.3 Å². The third-order valence-corrected chi connectivity index (χ3v) is 3.89. The fourth-order valence-electron chi connectivity index (χ4n) is 2.71. The number of carbonyl (C=O) groups is 1. The highest BCUT2D eigenvalue weighted by Gasteiger charge is 2.10. The van der Waals surface area contributed by atoms with Crippen molar-refractivity contribution in [2.24, 2.45) is 0 Å². The molecule has 0 spiro atoms. The van der Waals surface area contributed by atoms with Gasteiger partial charge in [0.2, 0.25) is 0 Å². The van der Waals surface area contributed by atoms with Crippen molar-refractivity contribution in [2.75, 3.05) is 13.7 Å². The van der Waals surface area contributed by atoms with Gasteiger partial charge in [0.1, 0.15) is 5.75 Å². The van der Waals surface area contributed by atoms with E-state index in [-0.39, 0.29) is 5.91 Å². The summed E-state index contributed by atoms with van der Waals surface area (Å²) < 4.78 is 7.43. The number of carbonyl (C=O) groups excluding carboxylic acids is 1. The Morgan fingerprint density at radius 1 is 1.09 bits per heavy atom. The molecule has 0 aliphatic carbocycles. The van der Waals surface area contributed by atoms with Crippen molar-refractivity contribution in [1.29, 1.82) is 0 Å². The first-order valence-electron chi connectivity index (χ1n) is 7.74. The summed E-state index contributed by atoms with van der Waals surface area (Å²) in [5.41, 5.74) is 1.80. The van der Waals surface area contributed by atoms with Gasteiger partial charge in [0, 0.05) is 24.8 Å². The summed E-state index contributed by atoms with van der Waals surface area (Å²) in [7, 11) is 1.57. The summed E-state index contributed by atoms with van der Waals surface area (Å²) in [5.74, 6) is 0.501. The van der Waals surface area contributed by atoms with Crippen LogP contribution in [0.1, 0.15) is 16.8 Å². The smallest absolute Gasteiger partial charge is 0.255 e. The lowest BCUT2D eigenvalue weighted by Crippen LogP contribution is -2.25. The van der Waals surface area contributed by atoms with Crippen LogP contribution in [0.15, 0.2) is 60.8 Å². The lowest BCUT2D eigenvalue weighted by Gasteiger charge is -2.10. The molecule has 2 aromatic carbocycles. The van der Waals surface area contributed by atoms with Crippen molar-refractivity contribution in [2.45, 2.75) is 13.0 Å². The number of para-hydroxylation sites is 2. The third kappa shape index (κ3) is 3.37. The predicted molar refractivity (Wildman–Crippen MR) is 91.9 cm³/mol. The van der Waals surface area contributed by atoms with Gasteiger partial charge in [-0.2, -0.15) is 0 Å². The molecule has 4 heteroatoms. The molecule has 3 rings (SSSR count). The highest BCUT2D eigenvalue weighted by Crippen LogP contribution is 2.17. The minimum absolute atomic E-state index is 0.0974. The Hall–Kier alpha value is -2.75. The molecule has 118 valence electrons. The highest BCUT2D eigenvalue weighted by atomic mass is 16.5. The molecule has 3 aromatic rings. The van der Waals surface area contributed by atoms with E-state index >= 15 is 0 Å². The number of hydrogen-bond acceptors (Lipinski definition) is 2. The number of nitrogens with one attached hydrogen (secondary N) is 1. The van der Waals surface area contributed by atoms with E-state index < -0.39 is 0 Å². The van der Waals surface area contributed by atoms with Crippen LogP contribution in [0.3, 0.4) is 0 Å². The molecule has 0 radical (unpaired) electrons. The number of ether oxygens (including phenoxy) is 1. The van der Waals surface area contributed by atoms with Crippen LogP contribution in [0.2, 0.25) is 0 Å². The number of rotatable bonds is 6. The lowest BCUT2D eigenvalue weighted by atomic mass is 10.2. The summed E-state index contributed by atoms with van der Waals surface area (Å²) >= 11 is 0. The van der Waals surface area contributed by atoms with Crippen LogP contribution in [0.5, 0.6) is 5.75 Å². The molecule has 4 nitrogen and oxygen atoms in total. The van der Waals surface area contributed by atoms with Gasteiger partial charge in [-0.3, -0.25) is 4.79 Å². The molecule has 1 amide bonds. The van der Waals surface area contributed by atoms with Crippen molar-refractivity contribution in [3.8, 4) is 5.75 Å². The molecule has 0 saturated carbocycles. The van der Waals surface area contributed by atoms with Crippen LogP contribution in [-0.4, -0.2) is 24.1 Å². The Labute approximate surface area is 135 Å². The number of benzene rings is 2. The Morgan fingerprint density at radius 3 is 2.74 bits per heavy atom. The van der Waals surface area contributed by atoms with E-state index in [2.05, 4.69) is 34.3 Å². The summed E-state index contributed by atoms with van der Waals surface area (Å²) in [6.07, 6.45) is 2.96. The van der Waals surface area contributed by atoms with Gasteiger partial charge in [-0.05, 0) is 36.1 Å². The minimum atomic E-state index is -0.0974. The average molecular weight is 308 g/mol. The first-order valence-corrected chi connectivity index (χ1v) is 7.74. The summed E-state index contributed by atoms with van der Waals surface area (Å²) in [6, 6.07) is 17.7. The van der Waals surface area contributed by atoms with Gasteiger partial charge in [0.25, 0.3) is 5.91 Å². The van der Waals surface area contributed by atoms with Gasteiger partial charge >= 0.3 is 0 Å². The first-order chi connectivity index (χ1) is 11.3. The van der Waals surface area contributed by atoms with E-state index in [0.29, 0.717) is 17.9 Å². The number of amides is 1. The van der Waals surface area contributed by atoms with Gasteiger partial charge in [-0.15, -0.1) is 0 Å². The van der Waals surface area contributed by atoms with E-state index in [1.54, 1.807) is 19.2 Å². The molecule has 0 aliphatic heterocycles. The maximum Gasteiger partial charge on any atom is 0.255 e. The Bertz CT molecular complexity index is 808. The molecule has 0 fully saturated rings. The lowest BCUT2D eigenvalue weighted by molar-refractivity contribution is 0.0950. The van der Waals surface area contributed by atoms with Gasteiger partial charge in [-0.25, -0.2) is 0 Å². The van der Waals surface area contributed by atoms with Gasteiger partial charge < -0.3 is 14.6 Å². The second-order valence-corrected chi connectivity index (χ2v) is 5.38. The molecule has 0 aliphatic rings. The third-order valence-electron chi connectivity index (χ3n) is 3.89. The van der Waals surface area contributed by atoms with E-state index in [1.165, 1.54) is 10.9 Å². The summed E-state index contributed by atoms with van der Waals surface area (Å²) in [6.45, 7) is 1.50. The van der Waals surface area contributed by atoms with Crippen LogP contribution in [0, 0.1) is 0 Å². The molecule has 0 atom stereocenters. The highest BCUT2D eigenvalue weighted by molar-refractivity contribution is 5.96. The Balaban J connectivity index is 1.54. The SMILES string of the molecule is COc1ccccc1C(=O)NCCCn1ccc2ccccc21. The molecule has 1 N–H and O–H groups in total. The number of aryl methyl sites for hydroxylation is 1. The Kier molecular flexibility index (Phi) is 4.62. The number of nitrogens with zero attached hydrogens (tertiary/aromatic N) is 1. The summed E-state index contributed by atoms with van der Waals surface area (Å²) in [4.78, 5) is 12.2. The van der Waals surface area contributed by atoms with Crippen molar-refractivity contribution in [1.82, 2.24) is 9.88 Å². The topological polar surface area (TPSA) is 43.3 Å². The molecular formula is C19H20N2O2. The zero-order valence-corrected chi connectivity index (χ0v) is 13.2. The normalized spacial score (nSPS) is 10.7. The van der Waals surface area contributed by atoms with E-state index in [0.717, 1.165) is 13.0 Å². The van der Waals surface area contributed by atoms with Crippen molar-refractivity contribution >= 4 is 16.8 Å². The zero-order chi connectivity index (χ0) is 16.1. The number of fused-ring (bicyclic) bond motifs is 1. The largest absolute Gasteiger partial charge is 0.496 e. The number of aromatic nitrogens is 1. The molecule has 0 unspecified atom stereocenters. The van der Waals surface area contributed by atoms with Gasteiger partial charge in [0.15, 0.2) is 0 Å². The molecular weight excluding hydrogens is 288 g/mol. The predicted octanol–water partition coefficient (Wildman–Crippen LogP) is 3.47. The average Bonchev–Trinajstić information content (AvgIpc) is 3.01.